The molecule has 0 bridgehead atoms. The maximum absolute atomic E-state index is 13.1. The summed E-state index contributed by atoms with van der Waals surface area (Å²) < 4.78 is 0. The lowest BCUT2D eigenvalue weighted by Crippen LogP contribution is -2.44. The number of benzene rings is 3. The molecule has 3 aromatic rings. The number of carboxylic acid groups (broad SMARTS) is 1. The van der Waals surface area contributed by atoms with Gasteiger partial charge in [0.2, 0.25) is 11.8 Å². The average Bonchev–Trinajstić information content (AvgIpc) is 2.88. The van der Waals surface area contributed by atoms with Crippen LogP contribution in [0, 0.1) is 0 Å². The maximum atomic E-state index is 13.1. The molecule has 3 rings (SSSR count). The molecule has 0 fully saturated rings. The van der Waals surface area contributed by atoms with Crippen molar-refractivity contribution in [2.45, 2.75) is 12.5 Å². The van der Waals surface area contributed by atoms with E-state index in [0.717, 1.165) is 5.56 Å². The molecule has 7 N–H and O–H groups in total. The molecule has 0 heterocycles. The van der Waals surface area contributed by atoms with Crippen molar-refractivity contribution in [3.8, 4) is 0 Å². The Morgan fingerprint density at radius 1 is 1.05 bits per heavy atom. The Morgan fingerprint density at radius 3 is 2.51 bits per heavy atom. The highest BCUT2D eigenvalue weighted by molar-refractivity contribution is 6.30. The van der Waals surface area contributed by atoms with E-state index in [-0.39, 0.29) is 12.0 Å². The molecule has 0 saturated carbocycles. The Kier molecular flexibility index (Phi) is 9.36. The normalized spacial score (nSPS) is 11.8. The second-order valence-corrected chi connectivity index (χ2v) is 8.27. The van der Waals surface area contributed by atoms with Gasteiger partial charge in [-0.1, -0.05) is 48.0 Å². The number of halogens is 1. The van der Waals surface area contributed by atoms with Gasteiger partial charge < -0.3 is 21.6 Å². The summed E-state index contributed by atoms with van der Waals surface area (Å²) in [6.45, 7) is 0. The average molecular weight is 521 g/mol. The largest absolute Gasteiger partial charge is 0.478 e. The Labute approximate surface area is 218 Å². The van der Waals surface area contributed by atoms with Crippen LogP contribution in [0.5, 0.6) is 0 Å². The van der Waals surface area contributed by atoms with E-state index in [2.05, 4.69) is 15.7 Å². The standard InChI is InChI=1S/C26H25ClN6O4/c27-20-10-11-23(33(29)16-30-28)18(14-20)9-12-24(34)32-22(13-17-5-2-1-3-6-17)25(35)31-21-8-4-7-19(15-21)26(36)37/h1-12,14-16,22H,13,28-29H2,(H,31,35)(H,32,34)(H,36,37)/b12-9+,30-16-/t22-/m0/s1. The molecule has 0 aliphatic heterocycles. The first-order chi connectivity index (χ1) is 17.8. The molecule has 37 heavy (non-hydrogen) atoms. The van der Waals surface area contributed by atoms with Crippen molar-refractivity contribution >= 4 is 53.2 Å². The fraction of sp³-hybridized carbons (Fsp3) is 0.0769. The first kappa shape index (κ1) is 26.9. The number of nitrogens with two attached hydrogens (primary N) is 2. The fourth-order valence-electron chi connectivity index (χ4n) is 3.43. The van der Waals surface area contributed by atoms with Gasteiger partial charge in [-0.3, -0.25) is 14.6 Å². The van der Waals surface area contributed by atoms with Gasteiger partial charge in [0.25, 0.3) is 0 Å². The Bertz CT molecular complexity index is 1330. The highest BCUT2D eigenvalue weighted by atomic mass is 35.5. The van der Waals surface area contributed by atoms with Crippen molar-refractivity contribution in [2.75, 3.05) is 10.3 Å². The van der Waals surface area contributed by atoms with Crippen molar-refractivity contribution in [3.63, 3.8) is 0 Å². The monoisotopic (exact) mass is 520 g/mol. The number of hydrogen-bond acceptors (Lipinski definition) is 6. The molecule has 2 amide bonds. The smallest absolute Gasteiger partial charge is 0.335 e. The van der Waals surface area contributed by atoms with Crippen molar-refractivity contribution in [1.82, 2.24) is 5.32 Å². The number of carbonyl (C=O) groups excluding carboxylic acids is 2. The number of anilines is 2. The summed E-state index contributed by atoms with van der Waals surface area (Å²) in [7, 11) is 0. The lowest BCUT2D eigenvalue weighted by Gasteiger charge is -2.18. The molecule has 0 spiro atoms. The van der Waals surface area contributed by atoms with Gasteiger partial charge in [-0.2, -0.15) is 5.10 Å². The van der Waals surface area contributed by atoms with Gasteiger partial charge in [0.1, 0.15) is 12.4 Å². The van der Waals surface area contributed by atoms with E-state index in [9.17, 15) is 19.5 Å². The molecular formula is C26H25ClN6O4. The molecular weight excluding hydrogens is 496 g/mol. The molecule has 0 radical (unpaired) electrons. The number of carboxylic acids is 1. The number of hydrazone groups is 1. The third kappa shape index (κ3) is 7.92. The van der Waals surface area contributed by atoms with E-state index >= 15 is 0 Å². The maximum Gasteiger partial charge on any atom is 0.335 e. The number of nitrogens with zero attached hydrogens (tertiary/aromatic N) is 2. The lowest BCUT2D eigenvalue weighted by molar-refractivity contribution is -0.123. The second-order valence-electron chi connectivity index (χ2n) is 7.83. The SMILES string of the molecule is N/N=C\N(N)c1ccc(Cl)cc1/C=C/C(=O)N[C@@H](Cc1ccccc1)C(=O)Nc1cccc(C(=O)O)c1. The minimum atomic E-state index is -1.12. The van der Waals surface area contributed by atoms with Gasteiger partial charge in [0.15, 0.2) is 0 Å². The van der Waals surface area contributed by atoms with Crippen LogP contribution in [0.15, 0.2) is 84.0 Å². The van der Waals surface area contributed by atoms with Crippen LogP contribution in [0.4, 0.5) is 11.4 Å². The van der Waals surface area contributed by atoms with E-state index in [1.165, 1.54) is 41.7 Å². The Balaban J connectivity index is 1.81. The van der Waals surface area contributed by atoms with E-state index in [1.807, 2.05) is 30.3 Å². The first-order valence-corrected chi connectivity index (χ1v) is 11.4. The third-order valence-corrected chi connectivity index (χ3v) is 5.40. The van der Waals surface area contributed by atoms with Gasteiger partial charge in [-0.15, -0.1) is 0 Å². The van der Waals surface area contributed by atoms with Crippen LogP contribution >= 0.6 is 11.6 Å². The number of carbonyl (C=O) groups is 3. The van der Waals surface area contributed by atoms with Crippen LogP contribution in [-0.2, 0) is 16.0 Å². The van der Waals surface area contributed by atoms with Crippen LogP contribution < -0.4 is 27.3 Å². The van der Waals surface area contributed by atoms with Gasteiger partial charge >= 0.3 is 5.97 Å². The highest BCUT2D eigenvalue weighted by Gasteiger charge is 2.21. The van der Waals surface area contributed by atoms with E-state index < -0.39 is 23.8 Å². The molecule has 0 saturated heterocycles. The van der Waals surface area contributed by atoms with Gasteiger partial charge in [0.05, 0.1) is 11.3 Å². The van der Waals surface area contributed by atoms with Crippen molar-refractivity contribution in [2.24, 2.45) is 16.8 Å². The van der Waals surface area contributed by atoms with Crippen molar-refractivity contribution in [1.29, 1.82) is 0 Å². The summed E-state index contributed by atoms with van der Waals surface area (Å²) in [5, 5.41) is 19.6. The quantitative estimate of drug-likeness (QED) is 0.0901. The molecule has 1 atom stereocenters. The van der Waals surface area contributed by atoms with E-state index in [1.54, 1.807) is 24.3 Å². The molecule has 3 aromatic carbocycles. The van der Waals surface area contributed by atoms with Crippen LogP contribution in [0.3, 0.4) is 0 Å². The summed E-state index contributed by atoms with van der Waals surface area (Å²) in [5.74, 6) is 8.90. The second kappa shape index (κ2) is 12.9. The summed E-state index contributed by atoms with van der Waals surface area (Å²) >= 11 is 6.10. The highest BCUT2D eigenvalue weighted by Crippen LogP contribution is 2.23. The van der Waals surface area contributed by atoms with Crippen LogP contribution in [0.1, 0.15) is 21.5 Å². The number of rotatable bonds is 10. The summed E-state index contributed by atoms with van der Waals surface area (Å²) in [6, 6.07) is 18.9. The number of hydrogen-bond donors (Lipinski definition) is 5. The van der Waals surface area contributed by atoms with Crippen LogP contribution in [0.2, 0.25) is 5.02 Å². The topological polar surface area (TPSA) is 163 Å². The van der Waals surface area contributed by atoms with E-state index in [4.69, 9.17) is 23.3 Å². The van der Waals surface area contributed by atoms with Crippen molar-refractivity contribution < 1.29 is 19.5 Å². The van der Waals surface area contributed by atoms with Crippen LogP contribution in [-0.4, -0.2) is 35.3 Å². The van der Waals surface area contributed by atoms with E-state index in [0.29, 0.717) is 22.0 Å². The van der Waals surface area contributed by atoms with Gasteiger partial charge in [0, 0.05) is 28.8 Å². The fourth-order valence-corrected chi connectivity index (χ4v) is 3.61. The van der Waals surface area contributed by atoms with Gasteiger partial charge in [-0.25, -0.2) is 10.6 Å². The van der Waals surface area contributed by atoms with Gasteiger partial charge in [-0.05, 0) is 48.0 Å². The number of aromatic carboxylic acids is 1. The number of hydrazine groups is 1. The lowest BCUT2D eigenvalue weighted by atomic mass is 10.0. The Morgan fingerprint density at radius 2 is 1.81 bits per heavy atom. The minimum Gasteiger partial charge on any atom is -0.478 e. The molecule has 0 aliphatic rings. The molecule has 190 valence electrons. The number of amides is 2. The zero-order valence-corrected chi connectivity index (χ0v) is 20.3. The third-order valence-electron chi connectivity index (χ3n) is 5.17. The summed E-state index contributed by atoms with van der Waals surface area (Å²) in [6.07, 6.45) is 4.14. The minimum absolute atomic E-state index is 0.0235. The number of nitrogens with one attached hydrogen (secondary N) is 2. The predicted octanol–water partition coefficient (Wildman–Crippen LogP) is 3.00. The van der Waals surface area contributed by atoms with Crippen molar-refractivity contribution in [3.05, 3.63) is 101 Å². The molecule has 11 heteroatoms. The summed E-state index contributed by atoms with van der Waals surface area (Å²) in [4.78, 5) is 37.2. The summed E-state index contributed by atoms with van der Waals surface area (Å²) in [5.41, 5.74) is 2.14. The zero-order chi connectivity index (χ0) is 26.8. The molecule has 0 aliphatic carbocycles. The molecule has 0 unspecified atom stereocenters. The zero-order valence-electron chi connectivity index (χ0n) is 19.5. The Hall–Kier alpha value is -4.67. The van der Waals surface area contributed by atoms with Crippen LogP contribution in [0.25, 0.3) is 6.08 Å². The predicted molar refractivity (Wildman–Crippen MR) is 144 cm³/mol. The molecule has 0 aromatic heterocycles. The first-order valence-electron chi connectivity index (χ1n) is 11.0. The molecule has 10 nitrogen and oxygen atoms in total.